The van der Waals surface area contributed by atoms with Gasteiger partial charge >= 0.3 is 0 Å². The predicted molar refractivity (Wildman–Crippen MR) is 107 cm³/mol. The predicted octanol–water partition coefficient (Wildman–Crippen LogP) is 4.28. The molecule has 0 fully saturated rings. The van der Waals surface area contributed by atoms with E-state index in [1.165, 1.54) is 0 Å². The third-order valence-corrected chi connectivity index (χ3v) is 4.06. The van der Waals surface area contributed by atoms with Crippen LogP contribution in [0.25, 0.3) is 0 Å². The molecule has 0 spiro atoms. The van der Waals surface area contributed by atoms with Gasteiger partial charge in [-0.2, -0.15) is 4.98 Å². The molecule has 0 aliphatic rings. The zero-order valence-electron chi connectivity index (χ0n) is 13.5. The highest BCUT2D eigenvalue weighted by Gasteiger charge is 2.17. The molecule has 0 unspecified atom stereocenters. The Morgan fingerprint density at radius 3 is 2.32 bits per heavy atom. The van der Waals surface area contributed by atoms with Crippen LogP contribution in [-0.2, 0) is 0 Å². The maximum Gasteiger partial charge on any atom is 0.238 e. The van der Waals surface area contributed by atoms with Gasteiger partial charge in [0.15, 0.2) is 5.11 Å². The summed E-state index contributed by atoms with van der Waals surface area (Å²) in [6.45, 7) is 0. The number of aromatic nitrogens is 2. The van der Waals surface area contributed by atoms with Gasteiger partial charge in [0.05, 0.1) is 5.69 Å². The van der Waals surface area contributed by atoms with Gasteiger partial charge < -0.3 is 10.6 Å². The number of thiocarbonyl (C=S) groups is 1. The number of hydrogen-bond donors (Lipinski definition) is 1. The summed E-state index contributed by atoms with van der Waals surface area (Å²) in [5, 5.41) is 0.784. The van der Waals surface area contributed by atoms with E-state index in [0.717, 1.165) is 17.2 Å². The Kier molecular flexibility index (Phi) is 5.11. The third kappa shape index (κ3) is 3.87. The van der Waals surface area contributed by atoms with Crippen LogP contribution in [0.1, 0.15) is 0 Å². The number of nitrogens with two attached hydrogens (primary N) is 1. The van der Waals surface area contributed by atoms with E-state index in [9.17, 15) is 0 Å². The molecule has 0 saturated carbocycles. The number of para-hydroxylation sites is 1. The molecule has 0 bridgehead atoms. The van der Waals surface area contributed by atoms with Crippen molar-refractivity contribution >= 4 is 52.1 Å². The first-order chi connectivity index (χ1) is 12.1. The average Bonchev–Trinajstić information content (AvgIpc) is 2.64. The molecule has 0 saturated heterocycles. The molecule has 126 valence electrons. The molecule has 0 aliphatic carbocycles. The minimum atomic E-state index is 0.154. The first kappa shape index (κ1) is 17.1. The summed E-state index contributed by atoms with van der Waals surface area (Å²) in [6.07, 6.45) is 1.68. The lowest BCUT2D eigenvalue weighted by molar-refractivity contribution is 1.05. The number of hydrogen-bond acceptors (Lipinski definition) is 4. The van der Waals surface area contributed by atoms with E-state index in [2.05, 4.69) is 9.97 Å². The molecule has 2 N–H and O–H groups in total. The topological polar surface area (TPSA) is 58.3 Å². The molecular weight excluding hydrogens is 354 g/mol. The molecule has 3 rings (SSSR count). The van der Waals surface area contributed by atoms with Gasteiger partial charge in [-0.1, -0.05) is 29.8 Å². The fraction of sp³-hybridized carbons (Fsp3) is 0.0556. The second kappa shape index (κ2) is 7.46. The molecule has 5 nitrogen and oxygen atoms in total. The summed E-state index contributed by atoms with van der Waals surface area (Å²) in [4.78, 5) is 12.5. The third-order valence-electron chi connectivity index (χ3n) is 3.62. The molecule has 3 aromatic rings. The molecule has 0 atom stereocenters. The van der Waals surface area contributed by atoms with Crippen molar-refractivity contribution in [1.82, 2.24) is 9.97 Å². The molecule has 25 heavy (non-hydrogen) atoms. The van der Waals surface area contributed by atoms with Crippen LogP contribution in [0.2, 0.25) is 5.02 Å². The molecule has 7 heteroatoms. The number of nitrogens with zero attached hydrogens (tertiary/aromatic N) is 4. The molecule has 0 radical (unpaired) electrons. The average molecular weight is 370 g/mol. The Balaban J connectivity index is 1.98. The maximum atomic E-state index is 5.96. The standard InChI is InChI=1S/C18H16ClN5S/c1-23(14-5-3-2-4-6-14)16-11-12-21-18(22-16)24(17(20)25)15-9-7-13(19)8-10-15/h2-12H,1H3,(H2,20,25). The molecule has 1 heterocycles. The zero-order chi connectivity index (χ0) is 17.8. The number of benzene rings is 2. The Hall–Kier alpha value is -2.70. The van der Waals surface area contributed by atoms with Crippen LogP contribution in [0, 0.1) is 0 Å². The highest BCUT2D eigenvalue weighted by molar-refractivity contribution is 7.80. The highest BCUT2D eigenvalue weighted by atomic mass is 35.5. The van der Waals surface area contributed by atoms with Gasteiger partial charge in [-0.3, -0.25) is 4.90 Å². The van der Waals surface area contributed by atoms with Crippen molar-refractivity contribution in [2.24, 2.45) is 5.73 Å². The number of anilines is 4. The van der Waals surface area contributed by atoms with E-state index < -0.39 is 0 Å². The van der Waals surface area contributed by atoms with E-state index in [-0.39, 0.29) is 5.11 Å². The minimum absolute atomic E-state index is 0.154. The summed E-state index contributed by atoms with van der Waals surface area (Å²) in [5.41, 5.74) is 7.67. The molecular formula is C18H16ClN5S. The van der Waals surface area contributed by atoms with Crippen LogP contribution in [0.4, 0.5) is 23.1 Å². The van der Waals surface area contributed by atoms with Gasteiger partial charge in [0.2, 0.25) is 5.95 Å². The lowest BCUT2D eigenvalue weighted by Gasteiger charge is -2.23. The fourth-order valence-electron chi connectivity index (χ4n) is 2.35. The van der Waals surface area contributed by atoms with Gasteiger partial charge in [0.25, 0.3) is 0 Å². The minimum Gasteiger partial charge on any atom is -0.376 e. The van der Waals surface area contributed by atoms with E-state index in [1.807, 2.05) is 60.5 Å². The van der Waals surface area contributed by atoms with Crippen LogP contribution in [0.15, 0.2) is 66.9 Å². The summed E-state index contributed by atoms with van der Waals surface area (Å²) in [5.74, 6) is 1.13. The summed E-state index contributed by atoms with van der Waals surface area (Å²) in [7, 11) is 1.94. The Morgan fingerprint density at radius 1 is 1.00 bits per heavy atom. The second-order valence-corrected chi connectivity index (χ2v) is 6.11. The summed E-state index contributed by atoms with van der Waals surface area (Å²) in [6, 6.07) is 18.9. The monoisotopic (exact) mass is 369 g/mol. The van der Waals surface area contributed by atoms with Crippen LogP contribution in [-0.4, -0.2) is 22.1 Å². The molecule has 1 aromatic heterocycles. The highest BCUT2D eigenvalue weighted by Crippen LogP contribution is 2.27. The normalized spacial score (nSPS) is 10.3. The Labute approximate surface area is 156 Å². The quantitative estimate of drug-likeness (QED) is 0.693. The van der Waals surface area contributed by atoms with E-state index in [0.29, 0.717) is 11.0 Å². The second-order valence-electron chi connectivity index (χ2n) is 5.26. The van der Waals surface area contributed by atoms with Gasteiger partial charge in [0, 0.05) is 24.0 Å². The van der Waals surface area contributed by atoms with Crippen molar-refractivity contribution in [1.29, 1.82) is 0 Å². The van der Waals surface area contributed by atoms with Crippen molar-refractivity contribution in [3.05, 3.63) is 71.9 Å². The number of halogens is 1. The lowest BCUT2D eigenvalue weighted by Crippen LogP contribution is -2.32. The first-order valence-electron chi connectivity index (χ1n) is 7.53. The van der Waals surface area contributed by atoms with Crippen molar-refractivity contribution in [2.75, 3.05) is 16.8 Å². The molecule has 0 amide bonds. The zero-order valence-corrected chi connectivity index (χ0v) is 15.1. The van der Waals surface area contributed by atoms with Crippen LogP contribution in [0.5, 0.6) is 0 Å². The largest absolute Gasteiger partial charge is 0.376 e. The van der Waals surface area contributed by atoms with E-state index in [1.54, 1.807) is 23.2 Å². The Bertz CT molecular complexity index is 870. The molecule has 0 aliphatic heterocycles. The van der Waals surface area contributed by atoms with Crippen LogP contribution < -0.4 is 15.5 Å². The molecule has 2 aromatic carbocycles. The van der Waals surface area contributed by atoms with E-state index >= 15 is 0 Å². The smallest absolute Gasteiger partial charge is 0.238 e. The van der Waals surface area contributed by atoms with Crippen molar-refractivity contribution in [3.8, 4) is 0 Å². The van der Waals surface area contributed by atoms with Gasteiger partial charge in [0.1, 0.15) is 5.82 Å². The summed E-state index contributed by atoms with van der Waals surface area (Å²) < 4.78 is 0. The van der Waals surface area contributed by atoms with E-state index in [4.69, 9.17) is 29.6 Å². The van der Waals surface area contributed by atoms with Crippen molar-refractivity contribution < 1.29 is 0 Å². The van der Waals surface area contributed by atoms with Gasteiger partial charge in [-0.25, -0.2) is 4.98 Å². The summed E-state index contributed by atoms with van der Waals surface area (Å²) >= 11 is 11.1. The maximum absolute atomic E-state index is 5.96. The van der Waals surface area contributed by atoms with Crippen LogP contribution in [0.3, 0.4) is 0 Å². The van der Waals surface area contributed by atoms with Crippen LogP contribution >= 0.6 is 23.8 Å². The lowest BCUT2D eigenvalue weighted by atomic mass is 10.3. The Morgan fingerprint density at radius 2 is 1.68 bits per heavy atom. The number of rotatable bonds is 4. The van der Waals surface area contributed by atoms with Gasteiger partial charge in [-0.15, -0.1) is 0 Å². The fourth-order valence-corrected chi connectivity index (χ4v) is 2.66. The SMILES string of the molecule is CN(c1ccccc1)c1ccnc(N(C(N)=S)c2ccc(Cl)cc2)n1. The van der Waals surface area contributed by atoms with Crippen molar-refractivity contribution in [3.63, 3.8) is 0 Å². The first-order valence-corrected chi connectivity index (χ1v) is 8.32. The van der Waals surface area contributed by atoms with Crippen molar-refractivity contribution in [2.45, 2.75) is 0 Å². The van der Waals surface area contributed by atoms with Gasteiger partial charge in [-0.05, 0) is 54.7 Å².